The van der Waals surface area contributed by atoms with Gasteiger partial charge in [0, 0.05) is 4.88 Å². The van der Waals surface area contributed by atoms with Crippen LogP contribution in [0.4, 0.5) is 0 Å². The third-order valence-electron chi connectivity index (χ3n) is 1.13. The molecule has 0 aliphatic rings. The van der Waals surface area contributed by atoms with E-state index in [2.05, 4.69) is 17.0 Å². The van der Waals surface area contributed by atoms with E-state index in [1.54, 1.807) is 11.2 Å². The number of hydrogen-bond donors (Lipinski definition) is 1. The summed E-state index contributed by atoms with van der Waals surface area (Å²) >= 11 is 5.26. The van der Waals surface area contributed by atoms with Gasteiger partial charge in [0.1, 0.15) is 4.88 Å². The van der Waals surface area contributed by atoms with Gasteiger partial charge >= 0.3 is 5.97 Å². The Morgan fingerprint density at radius 3 is 2.54 bits per heavy atom. The molecule has 0 aromatic carbocycles. The predicted octanol–water partition coefficient (Wildman–Crippen LogP) is 2.51. The Morgan fingerprint density at radius 1 is 1.69 bits per heavy atom. The summed E-state index contributed by atoms with van der Waals surface area (Å²) in [4.78, 5) is 12.6. The molecular formula is C8H9NO2S2. The van der Waals surface area contributed by atoms with Crippen LogP contribution in [-0.2, 0) is 4.74 Å². The summed E-state index contributed by atoms with van der Waals surface area (Å²) in [7, 11) is 1.39. The SMILES string of the molecule is COC(=O)c1ccc(C)s1.N=C=S. The predicted molar refractivity (Wildman–Crippen MR) is 55.7 cm³/mol. The molecule has 1 heterocycles. The van der Waals surface area contributed by atoms with Gasteiger partial charge in [0.15, 0.2) is 0 Å². The van der Waals surface area contributed by atoms with Crippen molar-refractivity contribution in [2.75, 3.05) is 7.11 Å². The minimum absolute atomic E-state index is 0.252. The highest BCUT2D eigenvalue weighted by Crippen LogP contribution is 2.15. The molecule has 0 radical (unpaired) electrons. The minimum atomic E-state index is -0.252. The molecular weight excluding hydrogens is 206 g/mol. The zero-order valence-corrected chi connectivity index (χ0v) is 8.92. The van der Waals surface area contributed by atoms with Gasteiger partial charge in [-0.15, -0.1) is 11.3 Å². The summed E-state index contributed by atoms with van der Waals surface area (Å²) in [6.45, 7) is 1.96. The van der Waals surface area contributed by atoms with Gasteiger partial charge in [-0.2, -0.15) is 0 Å². The number of thiophene rings is 1. The van der Waals surface area contributed by atoms with Gasteiger partial charge in [-0.3, -0.25) is 0 Å². The van der Waals surface area contributed by atoms with Crippen molar-refractivity contribution in [1.29, 1.82) is 5.41 Å². The highest BCUT2D eigenvalue weighted by atomic mass is 32.1. The molecule has 1 N–H and O–H groups in total. The number of rotatable bonds is 1. The molecule has 1 aromatic heterocycles. The molecule has 1 aromatic rings. The van der Waals surface area contributed by atoms with Crippen molar-refractivity contribution in [3.05, 3.63) is 21.9 Å². The second kappa shape index (κ2) is 6.48. The molecule has 70 valence electrons. The first-order chi connectivity index (χ1) is 6.15. The van der Waals surface area contributed by atoms with Crippen molar-refractivity contribution < 1.29 is 9.53 Å². The van der Waals surface area contributed by atoms with E-state index in [4.69, 9.17) is 5.41 Å². The van der Waals surface area contributed by atoms with Crippen molar-refractivity contribution in [3.8, 4) is 0 Å². The molecule has 0 fully saturated rings. The number of aryl methyl sites for hydroxylation is 1. The third-order valence-corrected chi connectivity index (χ3v) is 2.11. The maximum Gasteiger partial charge on any atom is 0.348 e. The number of thiocarbonyl (C=S) groups is 1. The molecule has 0 saturated carbocycles. The van der Waals surface area contributed by atoms with Gasteiger partial charge in [-0.05, 0) is 31.3 Å². The second-order valence-electron chi connectivity index (χ2n) is 2.00. The summed E-state index contributed by atoms with van der Waals surface area (Å²) < 4.78 is 4.52. The van der Waals surface area contributed by atoms with Gasteiger partial charge in [0.05, 0.1) is 12.3 Å². The smallest absolute Gasteiger partial charge is 0.348 e. The molecule has 0 saturated heterocycles. The topological polar surface area (TPSA) is 50.2 Å². The average molecular weight is 215 g/mol. The molecule has 0 spiro atoms. The van der Waals surface area contributed by atoms with E-state index in [1.807, 2.05) is 13.0 Å². The van der Waals surface area contributed by atoms with Crippen LogP contribution in [0.25, 0.3) is 0 Å². The van der Waals surface area contributed by atoms with E-state index in [9.17, 15) is 4.79 Å². The Kier molecular flexibility index (Phi) is 5.97. The number of esters is 1. The number of isothiocyanates is 1. The Hall–Kier alpha value is -1.03. The lowest BCUT2D eigenvalue weighted by atomic mass is 10.4. The Morgan fingerprint density at radius 2 is 2.23 bits per heavy atom. The lowest BCUT2D eigenvalue weighted by molar-refractivity contribution is 0.0606. The summed E-state index contributed by atoms with van der Waals surface area (Å²) in [6.07, 6.45) is 0. The molecule has 5 heteroatoms. The average Bonchev–Trinajstić information content (AvgIpc) is 2.52. The van der Waals surface area contributed by atoms with Crippen LogP contribution in [0.3, 0.4) is 0 Å². The van der Waals surface area contributed by atoms with Crippen molar-refractivity contribution in [2.45, 2.75) is 6.92 Å². The van der Waals surface area contributed by atoms with E-state index in [1.165, 1.54) is 18.4 Å². The molecule has 0 amide bonds. The highest BCUT2D eigenvalue weighted by Gasteiger charge is 2.05. The van der Waals surface area contributed by atoms with Gasteiger partial charge in [0.25, 0.3) is 0 Å². The Balaban J connectivity index is 0.000000424. The number of carbonyl (C=O) groups excluding carboxylic acids is 1. The lowest BCUT2D eigenvalue weighted by Gasteiger charge is -1.90. The van der Waals surface area contributed by atoms with Gasteiger partial charge < -0.3 is 4.74 Å². The summed E-state index contributed by atoms with van der Waals surface area (Å²) in [5.41, 5.74) is 0. The lowest BCUT2D eigenvalue weighted by Crippen LogP contribution is -1.96. The van der Waals surface area contributed by atoms with Crippen LogP contribution in [0.2, 0.25) is 0 Å². The maximum absolute atomic E-state index is 10.8. The van der Waals surface area contributed by atoms with Crippen LogP contribution in [0.5, 0.6) is 0 Å². The largest absolute Gasteiger partial charge is 0.465 e. The summed E-state index contributed by atoms with van der Waals surface area (Å²) in [5.74, 6) is -0.252. The number of hydrogen-bond acceptors (Lipinski definition) is 5. The van der Waals surface area contributed by atoms with E-state index in [0.717, 1.165) is 4.88 Å². The van der Waals surface area contributed by atoms with Gasteiger partial charge in [-0.1, -0.05) is 0 Å². The van der Waals surface area contributed by atoms with Gasteiger partial charge in [-0.25, -0.2) is 10.2 Å². The van der Waals surface area contributed by atoms with Crippen molar-refractivity contribution >= 4 is 34.7 Å². The van der Waals surface area contributed by atoms with Crippen LogP contribution < -0.4 is 0 Å². The second-order valence-corrected chi connectivity index (χ2v) is 3.50. The van der Waals surface area contributed by atoms with Crippen LogP contribution in [0, 0.1) is 12.3 Å². The zero-order chi connectivity index (χ0) is 10.3. The Labute approximate surface area is 85.9 Å². The molecule has 0 atom stereocenters. The van der Waals surface area contributed by atoms with Crippen LogP contribution in [0.15, 0.2) is 12.1 Å². The summed E-state index contributed by atoms with van der Waals surface area (Å²) in [6, 6.07) is 3.67. The third kappa shape index (κ3) is 4.52. The minimum Gasteiger partial charge on any atom is -0.465 e. The number of ether oxygens (including phenoxy) is 1. The van der Waals surface area contributed by atoms with E-state index in [0.29, 0.717) is 4.88 Å². The molecule has 13 heavy (non-hydrogen) atoms. The zero-order valence-electron chi connectivity index (χ0n) is 7.29. The molecule has 0 bridgehead atoms. The van der Waals surface area contributed by atoms with Crippen molar-refractivity contribution in [1.82, 2.24) is 0 Å². The van der Waals surface area contributed by atoms with E-state index >= 15 is 0 Å². The quantitative estimate of drug-likeness (QED) is 0.445. The fraction of sp³-hybridized carbons (Fsp3) is 0.250. The summed E-state index contributed by atoms with van der Waals surface area (Å²) in [5, 5.41) is 7.36. The molecule has 1 rings (SSSR count). The van der Waals surface area contributed by atoms with Crippen LogP contribution >= 0.6 is 23.6 Å². The highest BCUT2D eigenvalue weighted by molar-refractivity contribution is 7.78. The van der Waals surface area contributed by atoms with Gasteiger partial charge in [0.2, 0.25) is 0 Å². The normalized spacial score (nSPS) is 7.85. The molecule has 0 aliphatic carbocycles. The van der Waals surface area contributed by atoms with E-state index in [-0.39, 0.29) is 5.97 Å². The van der Waals surface area contributed by atoms with Crippen molar-refractivity contribution in [3.63, 3.8) is 0 Å². The number of carbonyl (C=O) groups is 1. The molecule has 3 nitrogen and oxygen atoms in total. The number of methoxy groups -OCH3 is 1. The standard InChI is InChI=1S/C7H8O2S.CHNS/c1-5-3-4-6(10-5)7(8)9-2;2-1-3/h3-4H,1-2H3;2H. The van der Waals surface area contributed by atoms with Crippen molar-refractivity contribution in [2.24, 2.45) is 0 Å². The fourth-order valence-corrected chi connectivity index (χ4v) is 1.43. The monoisotopic (exact) mass is 215 g/mol. The first kappa shape index (κ1) is 12.0. The van der Waals surface area contributed by atoms with Crippen LogP contribution in [0.1, 0.15) is 14.5 Å². The Bertz CT molecular complexity index is 314. The van der Waals surface area contributed by atoms with Crippen LogP contribution in [-0.4, -0.2) is 18.2 Å². The molecule has 0 aliphatic heterocycles. The maximum atomic E-state index is 10.8. The molecule has 0 unspecified atom stereocenters. The first-order valence-corrected chi connectivity index (χ1v) is 4.56. The first-order valence-electron chi connectivity index (χ1n) is 3.34. The number of nitrogens with one attached hydrogen (secondary N) is 1. The van der Waals surface area contributed by atoms with E-state index < -0.39 is 0 Å². The fourth-order valence-electron chi connectivity index (χ4n) is 0.645.